The van der Waals surface area contributed by atoms with Crippen LogP contribution in [0, 0.1) is 0 Å². The van der Waals surface area contributed by atoms with Gasteiger partial charge in [0, 0.05) is 0 Å². The van der Waals surface area contributed by atoms with Crippen LogP contribution in [0.5, 0.6) is 11.5 Å². The van der Waals surface area contributed by atoms with E-state index in [-0.39, 0.29) is 5.57 Å². The molecule has 0 aliphatic carbocycles. The summed E-state index contributed by atoms with van der Waals surface area (Å²) < 4.78 is 11.0. The second kappa shape index (κ2) is 8.77. The Morgan fingerprint density at radius 3 is 2.42 bits per heavy atom. The summed E-state index contributed by atoms with van der Waals surface area (Å²) in [5, 5.41) is 9.58. The van der Waals surface area contributed by atoms with Gasteiger partial charge in [0.2, 0.25) is 0 Å². The van der Waals surface area contributed by atoms with Crippen molar-refractivity contribution in [3.8, 4) is 11.5 Å². The summed E-state index contributed by atoms with van der Waals surface area (Å²) in [6.45, 7) is 5.10. The number of aliphatic carboxylic acids is 1. The number of carboxylic acid groups (broad SMARTS) is 1. The molecule has 4 heteroatoms. The molecule has 0 radical (unpaired) electrons. The van der Waals surface area contributed by atoms with Gasteiger partial charge in [0.15, 0.2) is 0 Å². The third-order valence-electron chi connectivity index (χ3n) is 3.33. The quantitative estimate of drug-likeness (QED) is 0.573. The summed E-state index contributed by atoms with van der Waals surface area (Å²) >= 11 is 0. The highest BCUT2D eigenvalue weighted by Crippen LogP contribution is 2.24. The van der Waals surface area contributed by atoms with Crippen molar-refractivity contribution < 1.29 is 19.4 Å². The topological polar surface area (TPSA) is 55.8 Å². The Balaban J connectivity index is 2.35. The summed E-state index contributed by atoms with van der Waals surface area (Å²) in [6, 6.07) is 14.5. The molecule has 0 aromatic heterocycles. The minimum absolute atomic E-state index is 0.212. The van der Waals surface area contributed by atoms with Gasteiger partial charge >= 0.3 is 5.97 Å². The summed E-state index contributed by atoms with van der Waals surface area (Å²) in [5.41, 5.74) is 1.60. The molecule has 24 heavy (non-hydrogen) atoms. The van der Waals surface area contributed by atoms with Gasteiger partial charge in [-0.2, -0.15) is 0 Å². The van der Waals surface area contributed by atoms with E-state index in [4.69, 9.17) is 9.47 Å². The van der Waals surface area contributed by atoms with Gasteiger partial charge < -0.3 is 14.6 Å². The zero-order chi connectivity index (χ0) is 17.4. The molecule has 2 rings (SSSR count). The van der Waals surface area contributed by atoms with Gasteiger partial charge in [0.05, 0.1) is 18.8 Å². The molecule has 2 aromatic carbocycles. The molecule has 0 unspecified atom stereocenters. The lowest BCUT2D eigenvalue weighted by molar-refractivity contribution is -0.130. The van der Waals surface area contributed by atoms with Gasteiger partial charge in [-0.1, -0.05) is 31.2 Å². The van der Waals surface area contributed by atoms with Crippen molar-refractivity contribution in [2.45, 2.75) is 20.3 Å². The van der Waals surface area contributed by atoms with E-state index < -0.39 is 5.97 Å². The number of carbonyl (C=O) groups is 1. The first-order valence-corrected chi connectivity index (χ1v) is 8.05. The third-order valence-corrected chi connectivity index (χ3v) is 3.33. The van der Waals surface area contributed by atoms with Crippen LogP contribution < -0.4 is 9.47 Å². The molecule has 0 aliphatic heterocycles. The molecule has 0 saturated heterocycles. The van der Waals surface area contributed by atoms with E-state index in [1.165, 1.54) is 0 Å². The lowest BCUT2D eigenvalue weighted by Gasteiger charge is -2.08. The number of hydrogen-bond donors (Lipinski definition) is 1. The standard InChI is InChI=1S/C20H22O4/c1-3-11-24-17-9-5-7-15(12-17)13-19(20(21)22)16-8-6-10-18(14-16)23-4-2/h5-10,12-14H,3-4,11H2,1-2H3,(H,21,22)/b19-13-. The van der Waals surface area contributed by atoms with Crippen LogP contribution in [0.4, 0.5) is 0 Å². The fourth-order valence-electron chi connectivity index (χ4n) is 2.27. The molecule has 0 fully saturated rings. The van der Waals surface area contributed by atoms with Crippen LogP contribution in [0.1, 0.15) is 31.4 Å². The minimum atomic E-state index is -0.983. The lowest BCUT2D eigenvalue weighted by Crippen LogP contribution is -2.01. The Kier molecular flexibility index (Phi) is 6.43. The van der Waals surface area contributed by atoms with Crippen molar-refractivity contribution in [3.63, 3.8) is 0 Å². The predicted molar refractivity (Wildman–Crippen MR) is 95.3 cm³/mol. The average Bonchev–Trinajstić information content (AvgIpc) is 2.58. The van der Waals surface area contributed by atoms with E-state index in [1.807, 2.05) is 44.2 Å². The van der Waals surface area contributed by atoms with Gasteiger partial charge in [-0.05, 0) is 54.8 Å². The molecular formula is C20H22O4. The molecule has 0 atom stereocenters. The first-order valence-electron chi connectivity index (χ1n) is 8.05. The SMILES string of the molecule is CCCOc1cccc(/C=C(\C(=O)O)c2cccc(OCC)c2)c1. The zero-order valence-corrected chi connectivity index (χ0v) is 14.0. The van der Waals surface area contributed by atoms with Gasteiger partial charge in [-0.25, -0.2) is 4.79 Å². The number of ether oxygens (including phenoxy) is 2. The van der Waals surface area contributed by atoms with E-state index in [2.05, 4.69) is 0 Å². The number of hydrogen-bond acceptors (Lipinski definition) is 3. The molecular weight excluding hydrogens is 304 g/mol. The fraction of sp³-hybridized carbons (Fsp3) is 0.250. The van der Waals surface area contributed by atoms with Crippen LogP contribution in [0.2, 0.25) is 0 Å². The molecule has 2 aromatic rings. The fourth-order valence-corrected chi connectivity index (χ4v) is 2.27. The van der Waals surface area contributed by atoms with E-state index >= 15 is 0 Å². The first-order chi connectivity index (χ1) is 11.6. The minimum Gasteiger partial charge on any atom is -0.494 e. The highest BCUT2D eigenvalue weighted by molar-refractivity contribution is 6.20. The number of carboxylic acids is 1. The molecule has 0 heterocycles. The summed E-state index contributed by atoms with van der Waals surface area (Å²) in [5.74, 6) is 0.407. The van der Waals surface area contributed by atoms with Gasteiger partial charge in [0.1, 0.15) is 11.5 Å². The first kappa shape index (κ1) is 17.6. The molecule has 126 valence electrons. The predicted octanol–water partition coefficient (Wildman–Crippen LogP) is 4.50. The summed E-state index contributed by atoms with van der Waals surface area (Å²) in [4.78, 5) is 11.7. The average molecular weight is 326 g/mol. The molecule has 4 nitrogen and oxygen atoms in total. The highest BCUT2D eigenvalue weighted by atomic mass is 16.5. The Hall–Kier alpha value is -2.75. The van der Waals surface area contributed by atoms with Crippen LogP contribution in [-0.4, -0.2) is 24.3 Å². The van der Waals surface area contributed by atoms with Crippen LogP contribution in [-0.2, 0) is 4.79 Å². The van der Waals surface area contributed by atoms with Crippen LogP contribution in [0.3, 0.4) is 0 Å². The summed E-state index contributed by atoms with van der Waals surface area (Å²) in [7, 11) is 0. The maximum absolute atomic E-state index is 11.7. The zero-order valence-electron chi connectivity index (χ0n) is 14.0. The van der Waals surface area contributed by atoms with Crippen molar-refractivity contribution >= 4 is 17.6 Å². The Labute approximate surface area is 142 Å². The smallest absolute Gasteiger partial charge is 0.336 e. The van der Waals surface area contributed by atoms with Crippen molar-refractivity contribution in [2.24, 2.45) is 0 Å². The Morgan fingerprint density at radius 2 is 1.75 bits per heavy atom. The van der Waals surface area contributed by atoms with Crippen molar-refractivity contribution in [1.29, 1.82) is 0 Å². The molecule has 0 amide bonds. The van der Waals surface area contributed by atoms with Crippen LogP contribution >= 0.6 is 0 Å². The molecule has 0 spiro atoms. The van der Waals surface area contributed by atoms with E-state index in [9.17, 15) is 9.90 Å². The van der Waals surface area contributed by atoms with E-state index in [1.54, 1.807) is 24.3 Å². The normalized spacial score (nSPS) is 11.2. The second-order valence-electron chi connectivity index (χ2n) is 5.24. The molecule has 1 N–H and O–H groups in total. The molecule has 0 saturated carbocycles. The maximum Gasteiger partial charge on any atom is 0.336 e. The lowest BCUT2D eigenvalue weighted by atomic mass is 10.0. The maximum atomic E-state index is 11.7. The van der Waals surface area contributed by atoms with Gasteiger partial charge in [0.25, 0.3) is 0 Å². The monoisotopic (exact) mass is 326 g/mol. The Morgan fingerprint density at radius 1 is 1.04 bits per heavy atom. The third kappa shape index (κ3) is 4.88. The molecule has 0 bridgehead atoms. The van der Waals surface area contributed by atoms with Crippen molar-refractivity contribution in [2.75, 3.05) is 13.2 Å². The second-order valence-corrected chi connectivity index (χ2v) is 5.24. The van der Waals surface area contributed by atoms with Gasteiger partial charge in [-0.3, -0.25) is 0 Å². The van der Waals surface area contributed by atoms with Crippen LogP contribution in [0.15, 0.2) is 48.5 Å². The van der Waals surface area contributed by atoms with E-state index in [0.29, 0.717) is 24.5 Å². The highest BCUT2D eigenvalue weighted by Gasteiger charge is 2.11. The van der Waals surface area contributed by atoms with Crippen LogP contribution in [0.25, 0.3) is 11.6 Å². The number of benzene rings is 2. The van der Waals surface area contributed by atoms with Crippen molar-refractivity contribution in [1.82, 2.24) is 0 Å². The molecule has 0 aliphatic rings. The van der Waals surface area contributed by atoms with Gasteiger partial charge in [-0.15, -0.1) is 0 Å². The number of rotatable bonds is 8. The Bertz CT molecular complexity index is 719. The largest absolute Gasteiger partial charge is 0.494 e. The summed E-state index contributed by atoms with van der Waals surface area (Å²) in [6.07, 6.45) is 2.57. The van der Waals surface area contributed by atoms with E-state index in [0.717, 1.165) is 17.7 Å². The van der Waals surface area contributed by atoms with Crippen molar-refractivity contribution in [3.05, 3.63) is 59.7 Å².